The van der Waals surface area contributed by atoms with E-state index in [1.54, 1.807) is 10.9 Å². The molecular formula is C16H26N4O4S. The summed E-state index contributed by atoms with van der Waals surface area (Å²) in [7, 11) is -3.67. The third kappa shape index (κ3) is 3.32. The van der Waals surface area contributed by atoms with Crippen LogP contribution in [0.25, 0.3) is 0 Å². The van der Waals surface area contributed by atoms with E-state index in [0.717, 1.165) is 0 Å². The van der Waals surface area contributed by atoms with Gasteiger partial charge in [-0.05, 0) is 26.7 Å². The second kappa shape index (κ2) is 7.05. The third-order valence-electron chi connectivity index (χ3n) is 5.23. The van der Waals surface area contributed by atoms with E-state index in [1.807, 2.05) is 18.7 Å². The van der Waals surface area contributed by atoms with Gasteiger partial charge in [0.15, 0.2) is 0 Å². The Hall–Kier alpha value is -1.45. The molecule has 3 rings (SSSR count). The van der Waals surface area contributed by atoms with E-state index in [9.17, 15) is 13.2 Å². The Morgan fingerprint density at radius 1 is 1.24 bits per heavy atom. The van der Waals surface area contributed by atoms with Crippen LogP contribution >= 0.6 is 0 Å². The molecule has 25 heavy (non-hydrogen) atoms. The first-order valence-corrected chi connectivity index (χ1v) is 10.3. The lowest BCUT2D eigenvalue weighted by Gasteiger charge is -2.46. The molecule has 0 bridgehead atoms. The number of carbonyl (C=O) groups is 1. The van der Waals surface area contributed by atoms with Gasteiger partial charge in [-0.15, -0.1) is 0 Å². The largest absolute Gasteiger partial charge is 0.381 e. The van der Waals surface area contributed by atoms with Gasteiger partial charge in [0.1, 0.15) is 4.90 Å². The minimum Gasteiger partial charge on any atom is -0.381 e. The van der Waals surface area contributed by atoms with Crippen LogP contribution in [0.15, 0.2) is 17.3 Å². The monoisotopic (exact) mass is 370 g/mol. The first-order chi connectivity index (χ1) is 11.9. The first-order valence-electron chi connectivity index (χ1n) is 8.84. The van der Waals surface area contributed by atoms with Crippen molar-refractivity contribution in [1.29, 1.82) is 0 Å². The maximum absolute atomic E-state index is 13.1. The van der Waals surface area contributed by atoms with Crippen LogP contribution in [0.2, 0.25) is 0 Å². The SMILES string of the molecule is CCN1C(=O)CCN(S(=O)(=O)c2cnn(CC)c2)CC12CCOCC2. The zero-order valence-electron chi connectivity index (χ0n) is 14.8. The van der Waals surface area contributed by atoms with Crippen molar-refractivity contribution in [3.63, 3.8) is 0 Å². The van der Waals surface area contributed by atoms with Crippen molar-refractivity contribution in [1.82, 2.24) is 19.0 Å². The molecule has 0 saturated carbocycles. The summed E-state index contributed by atoms with van der Waals surface area (Å²) < 4.78 is 34.7. The number of aryl methyl sites for hydroxylation is 1. The Kier molecular flexibility index (Phi) is 5.17. The lowest BCUT2D eigenvalue weighted by atomic mass is 9.88. The molecule has 0 aliphatic carbocycles. The van der Waals surface area contributed by atoms with Gasteiger partial charge < -0.3 is 9.64 Å². The average Bonchev–Trinajstić information content (AvgIpc) is 3.05. The molecule has 0 radical (unpaired) electrons. The Balaban J connectivity index is 1.95. The fourth-order valence-corrected chi connectivity index (χ4v) is 5.28. The molecule has 8 nitrogen and oxygen atoms in total. The van der Waals surface area contributed by atoms with Crippen LogP contribution in [0.3, 0.4) is 0 Å². The van der Waals surface area contributed by atoms with Crippen LogP contribution in [0, 0.1) is 0 Å². The van der Waals surface area contributed by atoms with Gasteiger partial charge in [0.25, 0.3) is 0 Å². The van der Waals surface area contributed by atoms with Crippen molar-refractivity contribution in [2.24, 2.45) is 0 Å². The normalized spacial score (nSPS) is 22.3. The van der Waals surface area contributed by atoms with E-state index >= 15 is 0 Å². The van der Waals surface area contributed by atoms with Gasteiger partial charge in [-0.1, -0.05) is 0 Å². The highest BCUT2D eigenvalue weighted by Gasteiger charge is 2.46. The number of hydrogen-bond acceptors (Lipinski definition) is 5. The van der Waals surface area contributed by atoms with Crippen molar-refractivity contribution in [2.75, 3.05) is 32.8 Å². The molecule has 2 fully saturated rings. The first kappa shape index (κ1) is 18.3. The van der Waals surface area contributed by atoms with Gasteiger partial charge in [-0.3, -0.25) is 9.48 Å². The molecule has 1 aromatic heterocycles. The van der Waals surface area contributed by atoms with E-state index in [1.165, 1.54) is 10.5 Å². The molecule has 1 aromatic rings. The summed E-state index contributed by atoms with van der Waals surface area (Å²) in [6.07, 6.45) is 4.47. The summed E-state index contributed by atoms with van der Waals surface area (Å²) >= 11 is 0. The van der Waals surface area contributed by atoms with Crippen LogP contribution in [0.4, 0.5) is 0 Å². The van der Waals surface area contributed by atoms with Gasteiger partial charge in [0.05, 0.1) is 11.7 Å². The highest BCUT2D eigenvalue weighted by atomic mass is 32.2. The quantitative estimate of drug-likeness (QED) is 0.779. The summed E-state index contributed by atoms with van der Waals surface area (Å²) in [5, 5.41) is 4.08. The minimum absolute atomic E-state index is 0.0198. The van der Waals surface area contributed by atoms with Crippen molar-refractivity contribution in [3.8, 4) is 0 Å². The Labute approximate surface area is 148 Å². The molecule has 1 amide bonds. The van der Waals surface area contributed by atoms with Crippen molar-refractivity contribution in [2.45, 2.75) is 50.1 Å². The molecule has 0 N–H and O–H groups in total. The Bertz CT molecular complexity index is 724. The molecule has 2 aliphatic rings. The number of hydrogen-bond donors (Lipinski definition) is 0. The lowest BCUT2D eigenvalue weighted by Crippen LogP contribution is -2.58. The second-order valence-corrected chi connectivity index (χ2v) is 8.53. The molecule has 0 unspecified atom stereocenters. The molecule has 0 atom stereocenters. The highest BCUT2D eigenvalue weighted by Crippen LogP contribution is 2.33. The number of aromatic nitrogens is 2. The summed E-state index contributed by atoms with van der Waals surface area (Å²) in [5.74, 6) is 0.0198. The average molecular weight is 370 g/mol. The smallest absolute Gasteiger partial charge is 0.246 e. The van der Waals surface area contributed by atoms with Crippen molar-refractivity contribution >= 4 is 15.9 Å². The van der Waals surface area contributed by atoms with Gasteiger partial charge in [0.2, 0.25) is 15.9 Å². The van der Waals surface area contributed by atoms with E-state index in [2.05, 4.69) is 5.10 Å². The minimum atomic E-state index is -3.67. The number of ether oxygens (including phenoxy) is 1. The molecule has 1 spiro atoms. The lowest BCUT2D eigenvalue weighted by molar-refractivity contribution is -0.139. The van der Waals surface area contributed by atoms with Crippen LogP contribution < -0.4 is 0 Å². The Morgan fingerprint density at radius 3 is 2.56 bits per heavy atom. The summed E-state index contributed by atoms with van der Waals surface area (Å²) in [6, 6.07) is 0. The van der Waals surface area contributed by atoms with Crippen LogP contribution in [0.5, 0.6) is 0 Å². The van der Waals surface area contributed by atoms with Crippen LogP contribution in [-0.2, 0) is 26.1 Å². The maximum atomic E-state index is 13.1. The summed E-state index contributed by atoms with van der Waals surface area (Å²) in [4.78, 5) is 14.7. The zero-order valence-corrected chi connectivity index (χ0v) is 15.7. The highest BCUT2D eigenvalue weighted by molar-refractivity contribution is 7.89. The van der Waals surface area contributed by atoms with E-state index in [0.29, 0.717) is 45.7 Å². The van der Waals surface area contributed by atoms with E-state index in [4.69, 9.17) is 4.74 Å². The second-order valence-electron chi connectivity index (χ2n) is 6.60. The van der Waals surface area contributed by atoms with Gasteiger partial charge in [-0.25, -0.2) is 8.42 Å². The Morgan fingerprint density at radius 2 is 1.96 bits per heavy atom. The number of nitrogens with zero attached hydrogens (tertiary/aromatic N) is 4. The van der Waals surface area contributed by atoms with Crippen molar-refractivity contribution in [3.05, 3.63) is 12.4 Å². The molecule has 9 heteroatoms. The van der Waals surface area contributed by atoms with E-state index < -0.39 is 15.6 Å². The van der Waals surface area contributed by atoms with Gasteiger partial charge in [-0.2, -0.15) is 9.40 Å². The number of rotatable bonds is 4. The maximum Gasteiger partial charge on any atom is 0.246 e. The van der Waals surface area contributed by atoms with Crippen LogP contribution in [0.1, 0.15) is 33.1 Å². The molecule has 3 heterocycles. The zero-order chi connectivity index (χ0) is 18.1. The van der Waals surface area contributed by atoms with E-state index in [-0.39, 0.29) is 23.8 Å². The van der Waals surface area contributed by atoms with Gasteiger partial charge >= 0.3 is 0 Å². The standard InChI is InChI=1S/C16H26N4O4S/c1-3-18-12-14(11-17-18)25(22,23)19-8-5-15(21)20(4-2)16(13-19)6-9-24-10-7-16/h11-12H,3-10,13H2,1-2H3. The number of carbonyl (C=O) groups excluding carboxylic acids is 1. The summed E-state index contributed by atoms with van der Waals surface area (Å²) in [5.41, 5.74) is -0.478. The number of likely N-dealkylation sites (N-methyl/N-ethyl adjacent to an activating group) is 1. The number of amides is 1. The molecule has 2 saturated heterocycles. The fourth-order valence-electron chi connectivity index (χ4n) is 3.81. The fraction of sp³-hybridized carbons (Fsp3) is 0.750. The molecular weight excluding hydrogens is 344 g/mol. The van der Waals surface area contributed by atoms with Crippen LogP contribution in [-0.4, -0.2) is 71.7 Å². The van der Waals surface area contributed by atoms with Gasteiger partial charge in [0, 0.05) is 52.0 Å². The predicted octanol–water partition coefficient (Wildman–Crippen LogP) is 0.695. The number of sulfonamides is 1. The van der Waals surface area contributed by atoms with Crippen molar-refractivity contribution < 1.29 is 17.9 Å². The summed E-state index contributed by atoms with van der Waals surface area (Å²) in [6.45, 7) is 6.66. The third-order valence-corrected chi connectivity index (χ3v) is 7.03. The molecule has 0 aromatic carbocycles. The molecule has 140 valence electrons. The topological polar surface area (TPSA) is 84.7 Å². The predicted molar refractivity (Wildman–Crippen MR) is 91.4 cm³/mol. The molecule has 2 aliphatic heterocycles.